The van der Waals surface area contributed by atoms with Crippen molar-refractivity contribution in [3.63, 3.8) is 0 Å². The highest BCUT2D eigenvalue weighted by atomic mass is 35.5. The Balaban J connectivity index is 1.35. The molecule has 0 saturated carbocycles. The zero-order chi connectivity index (χ0) is 24.6. The number of fused-ring (bicyclic) bond motifs is 1. The highest BCUT2D eigenvalue weighted by molar-refractivity contribution is 6.32. The molecule has 1 amide bonds. The molecule has 178 valence electrons. The van der Waals surface area contributed by atoms with E-state index >= 15 is 0 Å². The van der Waals surface area contributed by atoms with E-state index in [9.17, 15) is 4.79 Å². The molecule has 8 heteroatoms. The lowest BCUT2D eigenvalue weighted by Gasteiger charge is -2.13. The van der Waals surface area contributed by atoms with E-state index in [1.807, 2.05) is 54.6 Å². The van der Waals surface area contributed by atoms with Gasteiger partial charge in [0, 0.05) is 16.1 Å². The van der Waals surface area contributed by atoms with E-state index in [2.05, 4.69) is 15.8 Å². The summed E-state index contributed by atoms with van der Waals surface area (Å²) in [6, 6.07) is 24.6. The topological polar surface area (TPSA) is 72.0 Å². The Bertz CT molecular complexity index is 1350. The van der Waals surface area contributed by atoms with Crippen LogP contribution in [0.1, 0.15) is 11.1 Å². The number of carbonyl (C=O) groups excluding carboxylic acids is 1. The van der Waals surface area contributed by atoms with E-state index in [1.54, 1.807) is 24.3 Å². The quantitative estimate of drug-likeness (QED) is 0.206. The molecular weight excluding hydrogens is 485 g/mol. The first-order valence-electron chi connectivity index (χ1n) is 10.8. The number of nitrogens with one attached hydrogen (secondary N) is 2. The van der Waals surface area contributed by atoms with E-state index < -0.39 is 0 Å². The standard InChI is InChI=1S/C27H23Cl2N3O3/c1-34-25-14-19(13-23(29)27(25)35-17-18-9-11-21(28)12-10-18)15-31-32-26(33)16-30-24-8-4-6-20-5-2-3-7-22(20)24/h2-15,30H,16-17H2,1H3,(H,32,33)/b31-15-. The number of ether oxygens (including phenoxy) is 2. The van der Waals surface area contributed by atoms with Crippen LogP contribution in [0, 0.1) is 0 Å². The number of benzene rings is 4. The molecule has 0 aliphatic rings. The third kappa shape index (κ3) is 6.44. The van der Waals surface area contributed by atoms with Crippen LogP contribution in [0.5, 0.6) is 11.5 Å². The van der Waals surface area contributed by atoms with Gasteiger partial charge in [0.05, 0.1) is 24.9 Å². The Kier molecular flexibility index (Phi) is 8.08. The van der Waals surface area contributed by atoms with Crippen LogP contribution in [-0.2, 0) is 11.4 Å². The molecule has 0 fully saturated rings. The second-order valence-corrected chi connectivity index (χ2v) is 8.47. The number of anilines is 1. The highest BCUT2D eigenvalue weighted by Crippen LogP contribution is 2.36. The second-order valence-electron chi connectivity index (χ2n) is 7.62. The summed E-state index contributed by atoms with van der Waals surface area (Å²) < 4.78 is 11.3. The number of methoxy groups -OCH3 is 1. The smallest absolute Gasteiger partial charge is 0.259 e. The molecule has 0 heterocycles. The third-order valence-electron chi connectivity index (χ3n) is 5.18. The van der Waals surface area contributed by atoms with Crippen LogP contribution in [-0.4, -0.2) is 25.8 Å². The first-order chi connectivity index (χ1) is 17.0. The van der Waals surface area contributed by atoms with Crippen molar-refractivity contribution in [3.05, 3.63) is 100 Å². The van der Waals surface area contributed by atoms with E-state index in [1.165, 1.54) is 13.3 Å². The summed E-state index contributed by atoms with van der Waals surface area (Å²) in [5.41, 5.74) is 4.99. The molecule has 2 N–H and O–H groups in total. The van der Waals surface area contributed by atoms with E-state index in [4.69, 9.17) is 32.7 Å². The molecule has 0 unspecified atom stereocenters. The predicted octanol–water partition coefficient (Wildman–Crippen LogP) is 6.30. The first kappa shape index (κ1) is 24.4. The van der Waals surface area contributed by atoms with Gasteiger partial charge in [-0.1, -0.05) is 71.7 Å². The van der Waals surface area contributed by atoms with Gasteiger partial charge >= 0.3 is 0 Å². The Labute approximate surface area is 213 Å². The maximum absolute atomic E-state index is 12.3. The number of hydrogen-bond donors (Lipinski definition) is 2. The molecular formula is C27H23Cl2N3O3. The van der Waals surface area contributed by atoms with E-state index in [0.29, 0.717) is 33.7 Å². The normalized spacial score (nSPS) is 10.9. The maximum atomic E-state index is 12.3. The molecule has 0 spiro atoms. The lowest BCUT2D eigenvalue weighted by Crippen LogP contribution is -2.25. The number of rotatable bonds is 9. The Morgan fingerprint density at radius 2 is 1.77 bits per heavy atom. The van der Waals surface area contributed by atoms with Crippen LogP contribution in [0.2, 0.25) is 10.0 Å². The van der Waals surface area contributed by atoms with Crippen LogP contribution in [0.3, 0.4) is 0 Å². The third-order valence-corrected chi connectivity index (χ3v) is 5.71. The van der Waals surface area contributed by atoms with Crippen LogP contribution in [0.4, 0.5) is 5.69 Å². The van der Waals surface area contributed by atoms with Crippen molar-refractivity contribution >= 4 is 51.8 Å². The zero-order valence-corrected chi connectivity index (χ0v) is 20.4. The minimum Gasteiger partial charge on any atom is -0.493 e. The summed E-state index contributed by atoms with van der Waals surface area (Å²) >= 11 is 12.3. The molecule has 0 atom stereocenters. The van der Waals surface area contributed by atoms with Gasteiger partial charge in [-0.15, -0.1) is 0 Å². The number of carbonyl (C=O) groups is 1. The van der Waals surface area contributed by atoms with Crippen molar-refractivity contribution in [1.29, 1.82) is 0 Å². The molecule has 0 aliphatic carbocycles. The summed E-state index contributed by atoms with van der Waals surface area (Å²) in [7, 11) is 1.53. The Morgan fingerprint density at radius 3 is 2.57 bits per heavy atom. The van der Waals surface area contributed by atoms with Gasteiger partial charge in [-0.3, -0.25) is 4.79 Å². The van der Waals surface area contributed by atoms with Crippen molar-refractivity contribution in [2.45, 2.75) is 6.61 Å². The number of amides is 1. The monoisotopic (exact) mass is 507 g/mol. The molecule has 4 aromatic carbocycles. The minimum atomic E-state index is -0.282. The number of nitrogens with zero attached hydrogens (tertiary/aromatic N) is 1. The summed E-state index contributed by atoms with van der Waals surface area (Å²) in [6.07, 6.45) is 1.49. The molecule has 0 aromatic heterocycles. The van der Waals surface area contributed by atoms with Crippen molar-refractivity contribution in [1.82, 2.24) is 5.43 Å². The number of hydrazone groups is 1. The van der Waals surface area contributed by atoms with Crippen LogP contribution in [0.25, 0.3) is 10.8 Å². The minimum absolute atomic E-state index is 0.0763. The zero-order valence-electron chi connectivity index (χ0n) is 18.9. The van der Waals surface area contributed by atoms with Gasteiger partial charge in [0.15, 0.2) is 11.5 Å². The van der Waals surface area contributed by atoms with Gasteiger partial charge < -0.3 is 14.8 Å². The van der Waals surface area contributed by atoms with Gasteiger partial charge in [-0.05, 0) is 46.8 Å². The number of halogens is 2. The maximum Gasteiger partial charge on any atom is 0.259 e. The Hall–Kier alpha value is -3.74. The van der Waals surface area contributed by atoms with Gasteiger partial charge in [-0.2, -0.15) is 5.10 Å². The molecule has 6 nitrogen and oxygen atoms in total. The fourth-order valence-corrected chi connectivity index (χ4v) is 3.86. The van der Waals surface area contributed by atoms with Crippen molar-refractivity contribution < 1.29 is 14.3 Å². The lowest BCUT2D eigenvalue weighted by atomic mass is 10.1. The highest BCUT2D eigenvalue weighted by Gasteiger charge is 2.12. The molecule has 0 aliphatic heterocycles. The largest absolute Gasteiger partial charge is 0.493 e. The summed E-state index contributed by atoms with van der Waals surface area (Å²) in [4.78, 5) is 12.3. The fraction of sp³-hybridized carbons (Fsp3) is 0.111. The Morgan fingerprint density at radius 1 is 1.00 bits per heavy atom. The van der Waals surface area contributed by atoms with Crippen LogP contribution in [0.15, 0.2) is 84.0 Å². The molecule has 35 heavy (non-hydrogen) atoms. The van der Waals surface area contributed by atoms with Gasteiger partial charge in [0.2, 0.25) is 0 Å². The van der Waals surface area contributed by atoms with Crippen molar-refractivity contribution in [2.75, 3.05) is 19.0 Å². The van der Waals surface area contributed by atoms with E-state index in [0.717, 1.165) is 22.0 Å². The average molecular weight is 508 g/mol. The van der Waals surface area contributed by atoms with Crippen LogP contribution < -0.4 is 20.2 Å². The molecule has 0 bridgehead atoms. The van der Waals surface area contributed by atoms with Gasteiger partial charge in [0.25, 0.3) is 5.91 Å². The number of hydrogen-bond acceptors (Lipinski definition) is 5. The molecule has 0 saturated heterocycles. The van der Waals surface area contributed by atoms with Crippen LogP contribution >= 0.6 is 23.2 Å². The van der Waals surface area contributed by atoms with Crippen molar-refractivity contribution in [3.8, 4) is 11.5 Å². The SMILES string of the molecule is COc1cc(/C=N\NC(=O)CNc2cccc3ccccc23)cc(Cl)c1OCc1ccc(Cl)cc1. The molecule has 4 rings (SSSR count). The van der Waals surface area contributed by atoms with Crippen molar-refractivity contribution in [2.24, 2.45) is 5.10 Å². The predicted molar refractivity (Wildman–Crippen MR) is 142 cm³/mol. The summed E-state index contributed by atoms with van der Waals surface area (Å²) in [6.45, 7) is 0.382. The first-order valence-corrected chi connectivity index (χ1v) is 11.6. The summed E-state index contributed by atoms with van der Waals surface area (Å²) in [5, 5.41) is 10.4. The average Bonchev–Trinajstić information content (AvgIpc) is 2.87. The van der Waals surface area contributed by atoms with E-state index in [-0.39, 0.29) is 12.5 Å². The second kappa shape index (κ2) is 11.6. The molecule has 0 radical (unpaired) electrons. The summed E-state index contributed by atoms with van der Waals surface area (Å²) in [5.74, 6) is 0.594. The van der Waals surface area contributed by atoms with Gasteiger partial charge in [0.1, 0.15) is 6.61 Å². The molecule has 4 aromatic rings. The lowest BCUT2D eigenvalue weighted by molar-refractivity contribution is -0.119. The van der Waals surface area contributed by atoms with Gasteiger partial charge in [-0.25, -0.2) is 5.43 Å². The fourth-order valence-electron chi connectivity index (χ4n) is 3.46.